The zero-order valence-electron chi connectivity index (χ0n) is 13.1. The van der Waals surface area contributed by atoms with E-state index in [1.54, 1.807) is 0 Å². The van der Waals surface area contributed by atoms with Crippen molar-refractivity contribution in [3.05, 3.63) is 99.9 Å². The lowest BCUT2D eigenvalue weighted by Crippen LogP contribution is -2.22. The van der Waals surface area contributed by atoms with Crippen LogP contribution in [-0.4, -0.2) is 0 Å². The Hall–Kier alpha value is -3.12. The lowest BCUT2D eigenvalue weighted by molar-refractivity contribution is 1.55. The highest BCUT2D eigenvalue weighted by Crippen LogP contribution is 2.38. The average molecular weight is 302 g/mol. The minimum absolute atomic E-state index is 1.31. The maximum absolute atomic E-state index is 2.35. The van der Waals surface area contributed by atoms with Gasteiger partial charge in [-0.25, -0.2) is 0 Å². The highest BCUT2D eigenvalue weighted by Gasteiger charge is 2.22. The van der Waals surface area contributed by atoms with Gasteiger partial charge in [0.05, 0.1) is 0 Å². The third-order valence-electron chi connectivity index (χ3n) is 5.29. The Morgan fingerprint density at radius 1 is 0.542 bits per heavy atom. The van der Waals surface area contributed by atoms with Gasteiger partial charge < -0.3 is 0 Å². The topological polar surface area (TPSA) is 0 Å². The van der Waals surface area contributed by atoms with Gasteiger partial charge in [0.1, 0.15) is 0 Å². The molecule has 0 radical (unpaired) electrons. The third-order valence-corrected chi connectivity index (χ3v) is 5.29. The van der Waals surface area contributed by atoms with Gasteiger partial charge in [-0.3, -0.25) is 0 Å². The van der Waals surface area contributed by atoms with Gasteiger partial charge >= 0.3 is 0 Å². The highest BCUT2D eigenvalue weighted by molar-refractivity contribution is 6.07. The first-order valence-electron chi connectivity index (χ1n) is 8.37. The molecule has 0 spiro atoms. The Morgan fingerprint density at radius 3 is 1.92 bits per heavy atom. The second-order valence-corrected chi connectivity index (χ2v) is 6.69. The van der Waals surface area contributed by atoms with Crippen molar-refractivity contribution in [2.24, 2.45) is 0 Å². The molecule has 6 rings (SSSR count). The van der Waals surface area contributed by atoms with Crippen LogP contribution in [0.1, 0.15) is 11.1 Å². The first kappa shape index (κ1) is 12.3. The molecule has 0 amide bonds. The Bertz CT molecular complexity index is 1330. The van der Waals surface area contributed by atoms with Crippen LogP contribution in [0.25, 0.3) is 39.3 Å². The maximum Gasteiger partial charge on any atom is -0.00259 e. The summed E-state index contributed by atoms with van der Waals surface area (Å²) in [6, 6.07) is 26.6. The van der Waals surface area contributed by atoms with Crippen molar-refractivity contribution in [1.82, 2.24) is 0 Å². The molecule has 0 atom stereocenters. The molecule has 0 bridgehead atoms. The summed E-state index contributed by atoms with van der Waals surface area (Å²) in [4.78, 5) is 0. The van der Waals surface area contributed by atoms with Crippen LogP contribution in [0, 0.1) is 0 Å². The lowest BCUT2D eigenvalue weighted by Gasteiger charge is -2.05. The van der Waals surface area contributed by atoms with E-state index in [1.807, 2.05) is 0 Å². The third kappa shape index (κ3) is 1.53. The van der Waals surface area contributed by atoms with E-state index in [9.17, 15) is 0 Å². The minimum atomic E-state index is 1.31. The van der Waals surface area contributed by atoms with Crippen molar-refractivity contribution in [3.8, 4) is 0 Å². The molecule has 0 fully saturated rings. The predicted molar refractivity (Wildman–Crippen MR) is 102 cm³/mol. The molecular weight excluding hydrogens is 288 g/mol. The van der Waals surface area contributed by atoms with Gasteiger partial charge in [-0.2, -0.15) is 0 Å². The monoisotopic (exact) mass is 302 g/mol. The molecule has 2 aliphatic carbocycles. The largest absolute Gasteiger partial charge is 0.0616 e. The average Bonchev–Trinajstić information content (AvgIpc) is 3.12. The van der Waals surface area contributed by atoms with Crippen molar-refractivity contribution < 1.29 is 0 Å². The fourth-order valence-electron chi connectivity index (χ4n) is 4.16. The maximum atomic E-state index is 2.35. The molecule has 0 saturated heterocycles. The van der Waals surface area contributed by atoms with E-state index in [1.165, 1.54) is 54.3 Å². The summed E-state index contributed by atoms with van der Waals surface area (Å²) in [5.74, 6) is 0. The summed E-state index contributed by atoms with van der Waals surface area (Å²) < 4.78 is 0. The first-order valence-corrected chi connectivity index (χ1v) is 8.37. The molecule has 0 nitrogen and oxygen atoms in total. The number of rotatable bonds is 0. The predicted octanol–water partition coefficient (Wildman–Crippen LogP) is 4.38. The molecule has 2 aliphatic rings. The Balaban J connectivity index is 1.76. The summed E-state index contributed by atoms with van der Waals surface area (Å²) in [6.07, 6.45) is 4.67. The zero-order chi connectivity index (χ0) is 15.7. The summed E-state index contributed by atoms with van der Waals surface area (Å²) in [7, 11) is 0. The molecule has 0 N–H and O–H groups in total. The molecule has 4 aromatic carbocycles. The minimum Gasteiger partial charge on any atom is -0.0616 e. The van der Waals surface area contributed by atoms with Crippen molar-refractivity contribution in [2.75, 3.05) is 0 Å². The van der Waals surface area contributed by atoms with E-state index in [4.69, 9.17) is 0 Å². The van der Waals surface area contributed by atoms with E-state index < -0.39 is 0 Å². The lowest BCUT2D eigenvalue weighted by atomic mass is 9.98. The summed E-state index contributed by atoms with van der Waals surface area (Å²) >= 11 is 0. The molecule has 0 unspecified atom stereocenters. The van der Waals surface area contributed by atoms with E-state index in [-0.39, 0.29) is 0 Å². The van der Waals surface area contributed by atoms with Crippen molar-refractivity contribution >= 4 is 39.3 Å². The van der Waals surface area contributed by atoms with Crippen LogP contribution in [0.5, 0.6) is 0 Å². The van der Waals surface area contributed by atoms with E-state index in [0.717, 1.165) is 0 Å². The normalized spacial score (nSPS) is 14.3. The van der Waals surface area contributed by atoms with Crippen LogP contribution in [0.3, 0.4) is 0 Å². The smallest absolute Gasteiger partial charge is 0.00259 e. The quantitative estimate of drug-likeness (QED) is 0.452. The van der Waals surface area contributed by atoms with Crippen molar-refractivity contribution in [2.45, 2.75) is 0 Å². The molecular formula is C24H14. The number of hydrogen-bond acceptors (Lipinski definition) is 0. The van der Waals surface area contributed by atoms with Crippen LogP contribution in [0.2, 0.25) is 0 Å². The molecule has 0 aromatic heterocycles. The number of allylic oxidation sites excluding steroid dienone is 1. The Morgan fingerprint density at radius 2 is 1.17 bits per heavy atom. The van der Waals surface area contributed by atoms with Crippen LogP contribution in [0.15, 0.2) is 78.4 Å². The van der Waals surface area contributed by atoms with Crippen LogP contribution in [-0.2, 0) is 0 Å². The number of fused-ring (bicyclic) bond motifs is 6. The molecule has 0 heterocycles. The van der Waals surface area contributed by atoms with Gasteiger partial charge in [-0.1, -0.05) is 48.5 Å². The molecule has 4 aromatic rings. The summed E-state index contributed by atoms with van der Waals surface area (Å²) in [6.45, 7) is 0. The van der Waals surface area contributed by atoms with Gasteiger partial charge in [0, 0.05) is 0 Å². The van der Waals surface area contributed by atoms with E-state index in [0.29, 0.717) is 0 Å². The summed E-state index contributed by atoms with van der Waals surface area (Å²) in [5.41, 5.74) is 5.46. The van der Waals surface area contributed by atoms with Crippen LogP contribution >= 0.6 is 0 Å². The number of benzene rings is 4. The second-order valence-electron chi connectivity index (χ2n) is 6.69. The SMILES string of the molecule is C1=C2C=c3cc4ccccc4cc3=C2c2cc3ccccc3cc21. The van der Waals surface area contributed by atoms with Crippen molar-refractivity contribution in [3.63, 3.8) is 0 Å². The second kappa shape index (κ2) is 4.24. The van der Waals surface area contributed by atoms with Crippen LogP contribution < -0.4 is 10.4 Å². The number of hydrogen-bond donors (Lipinski definition) is 0. The molecule has 0 heteroatoms. The fraction of sp³-hybridized carbons (Fsp3) is 0. The van der Waals surface area contributed by atoms with E-state index >= 15 is 0 Å². The fourth-order valence-corrected chi connectivity index (χ4v) is 4.16. The first-order chi connectivity index (χ1) is 11.9. The van der Waals surface area contributed by atoms with Gasteiger partial charge in [-0.15, -0.1) is 0 Å². The molecule has 110 valence electrons. The summed E-state index contributed by atoms with van der Waals surface area (Å²) in [5, 5.41) is 7.96. The Kier molecular flexibility index (Phi) is 2.18. The van der Waals surface area contributed by atoms with Crippen molar-refractivity contribution in [1.29, 1.82) is 0 Å². The molecule has 0 aliphatic heterocycles. The molecule has 24 heavy (non-hydrogen) atoms. The van der Waals surface area contributed by atoms with Gasteiger partial charge in [0.25, 0.3) is 0 Å². The van der Waals surface area contributed by atoms with E-state index in [2.05, 4.69) is 84.9 Å². The standard InChI is InChI=1S/C24H14/c1-3-7-17-13-22-19(9-15(17)5-1)11-21-12-20-10-16-6-2-4-8-18(16)14-23(20)24(21)22/h1-14H. The zero-order valence-corrected chi connectivity index (χ0v) is 13.1. The van der Waals surface area contributed by atoms with Gasteiger partial charge in [0.2, 0.25) is 0 Å². The Labute approximate surface area is 139 Å². The van der Waals surface area contributed by atoms with Gasteiger partial charge in [0.15, 0.2) is 0 Å². The molecule has 0 saturated carbocycles. The van der Waals surface area contributed by atoms with Gasteiger partial charge in [-0.05, 0) is 90.7 Å². The highest BCUT2D eigenvalue weighted by atomic mass is 14.3. The van der Waals surface area contributed by atoms with Crippen LogP contribution in [0.4, 0.5) is 0 Å².